The number of piperidine rings is 1. The summed E-state index contributed by atoms with van der Waals surface area (Å²) >= 11 is 0. The van der Waals surface area contributed by atoms with Crippen LogP contribution in [0.5, 0.6) is 0 Å². The van der Waals surface area contributed by atoms with Crippen LogP contribution >= 0.6 is 0 Å². The Morgan fingerprint density at radius 3 is 2.75 bits per heavy atom. The number of nitriles is 1. The summed E-state index contributed by atoms with van der Waals surface area (Å²) in [7, 11) is 0. The van der Waals surface area contributed by atoms with Gasteiger partial charge in [-0.2, -0.15) is 5.26 Å². The van der Waals surface area contributed by atoms with Gasteiger partial charge in [-0.1, -0.05) is 13.0 Å². The Balaban J connectivity index is 1.97. The Morgan fingerprint density at radius 1 is 1.40 bits per heavy atom. The van der Waals surface area contributed by atoms with Crippen LogP contribution in [0.4, 0.5) is 4.39 Å². The molecule has 20 heavy (non-hydrogen) atoms. The zero-order chi connectivity index (χ0) is 14.4. The first-order chi connectivity index (χ1) is 9.72. The number of nitrogens with zero attached hydrogens (tertiary/aromatic N) is 2. The average Bonchev–Trinajstić information content (AvgIpc) is 2.49. The molecule has 2 rings (SSSR count). The molecule has 3 nitrogen and oxygen atoms in total. The van der Waals surface area contributed by atoms with E-state index in [4.69, 9.17) is 5.26 Å². The molecule has 0 amide bonds. The van der Waals surface area contributed by atoms with Crippen LogP contribution in [0.3, 0.4) is 0 Å². The first-order valence-electron chi connectivity index (χ1n) is 7.34. The molecule has 0 atom stereocenters. The smallest absolute Gasteiger partial charge is 0.129 e. The van der Waals surface area contributed by atoms with Gasteiger partial charge in [-0.05, 0) is 50.5 Å². The molecule has 0 bridgehead atoms. The lowest BCUT2D eigenvalue weighted by Crippen LogP contribution is -2.36. The van der Waals surface area contributed by atoms with E-state index >= 15 is 0 Å². The van der Waals surface area contributed by atoms with Gasteiger partial charge in [-0.3, -0.25) is 4.90 Å². The summed E-state index contributed by atoms with van der Waals surface area (Å²) in [6.07, 6.45) is 2.40. The molecule has 108 valence electrons. The van der Waals surface area contributed by atoms with Gasteiger partial charge in [0.25, 0.3) is 0 Å². The highest BCUT2D eigenvalue weighted by Gasteiger charge is 2.17. The Labute approximate surface area is 120 Å². The maximum Gasteiger partial charge on any atom is 0.129 e. The first-order valence-corrected chi connectivity index (χ1v) is 7.34. The van der Waals surface area contributed by atoms with E-state index < -0.39 is 0 Å². The van der Waals surface area contributed by atoms with Gasteiger partial charge in [0.2, 0.25) is 0 Å². The van der Waals surface area contributed by atoms with Crippen molar-refractivity contribution in [3.8, 4) is 6.07 Å². The van der Waals surface area contributed by atoms with E-state index in [1.807, 2.05) is 6.07 Å². The van der Waals surface area contributed by atoms with Crippen LogP contribution in [-0.4, -0.2) is 31.1 Å². The van der Waals surface area contributed by atoms with Gasteiger partial charge in [0.05, 0.1) is 11.6 Å². The fourth-order valence-corrected chi connectivity index (χ4v) is 2.72. The predicted molar refractivity (Wildman–Crippen MR) is 77.7 cm³/mol. The van der Waals surface area contributed by atoms with E-state index in [-0.39, 0.29) is 5.82 Å². The fourth-order valence-electron chi connectivity index (χ4n) is 2.72. The van der Waals surface area contributed by atoms with E-state index in [1.165, 1.54) is 18.9 Å². The summed E-state index contributed by atoms with van der Waals surface area (Å²) in [4.78, 5) is 2.29. The molecule has 0 aliphatic carbocycles. The minimum Gasteiger partial charge on any atom is -0.317 e. The molecule has 1 fully saturated rings. The molecule has 1 aliphatic rings. The van der Waals surface area contributed by atoms with Crippen molar-refractivity contribution in [1.82, 2.24) is 10.2 Å². The SMILES string of the molecule is CCN(Cc1ccc(C#N)cc1F)CC1CCNCC1. The molecule has 0 aromatic heterocycles. The molecule has 0 saturated carbocycles. The number of benzene rings is 1. The number of rotatable bonds is 5. The van der Waals surface area contributed by atoms with Crippen LogP contribution in [0.2, 0.25) is 0 Å². The van der Waals surface area contributed by atoms with Crippen molar-refractivity contribution in [3.63, 3.8) is 0 Å². The van der Waals surface area contributed by atoms with Crippen LogP contribution in [0, 0.1) is 23.1 Å². The van der Waals surface area contributed by atoms with Crippen molar-refractivity contribution in [2.24, 2.45) is 5.92 Å². The lowest BCUT2D eigenvalue weighted by atomic mass is 9.97. The number of halogens is 1. The van der Waals surface area contributed by atoms with Gasteiger partial charge in [0, 0.05) is 18.7 Å². The van der Waals surface area contributed by atoms with Crippen LogP contribution in [0.15, 0.2) is 18.2 Å². The highest BCUT2D eigenvalue weighted by Crippen LogP contribution is 2.17. The lowest BCUT2D eigenvalue weighted by Gasteiger charge is -2.29. The highest BCUT2D eigenvalue weighted by molar-refractivity contribution is 5.32. The maximum absolute atomic E-state index is 13.9. The van der Waals surface area contributed by atoms with Crippen molar-refractivity contribution in [1.29, 1.82) is 5.26 Å². The van der Waals surface area contributed by atoms with Gasteiger partial charge >= 0.3 is 0 Å². The summed E-state index contributed by atoms with van der Waals surface area (Å²) < 4.78 is 13.9. The lowest BCUT2D eigenvalue weighted by molar-refractivity contribution is 0.205. The summed E-state index contributed by atoms with van der Waals surface area (Å²) in [6, 6.07) is 6.72. The van der Waals surface area contributed by atoms with E-state index in [2.05, 4.69) is 17.1 Å². The van der Waals surface area contributed by atoms with Crippen molar-refractivity contribution in [3.05, 3.63) is 35.1 Å². The Bertz CT molecular complexity index is 475. The Morgan fingerprint density at radius 2 is 2.15 bits per heavy atom. The molecule has 1 aromatic rings. The van der Waals surface area contributed by atoms with Crippen molar-refractivity contribution < 1.29 is 4.39 Å². The molecular formula is C16H22FN3. The second kappa shape index (κ2) is 7.37. The summed E-state index contributed by atoms with van der Waals surface area (Å²) in [6.45, 7) is 6.86. The van der Waals surface area contributed by atoms with Crippen molar-refractivity contribution >= 4 is 0 Å². The van der Waals surface area contributed by atoms with Crippen LogP contribution < -0.4 is 5.32 Å². The third-order valence-corrected chi connectivity index (χ3v) is 4.00. The third-order valence-electron chi connectivity index (χ3n) is 4.00. The number of hydrogen-bond acceptors (Lipinski definition) is 3. The number of nitrogens with one attached hydrogen (secondary N) is 1. The van der Waals surface area contributed by atoms with Crippen molar-refractivity contribution in [2.75, 3.05) is 26.2 Å². The third kappa shape index (κ3) is 4.03. The van der Waals surface area contributed by atoms with Crippen molar-refractivity contribution in [2.45, 2.75) is 26.3 Å². The van der Waals surface area contributed by atoms with E-state index in [0.29, 0.717) is 23.6 Å². The van der Waals surface area contributed by atoms with E-state index in [9.17, 15) is 4.39 Å². The van der Waals surface area contributed by atoms with Gasteiger partial charge in [-0.25, -0.2) is 4.39 Å². The maximum atomic E-state index is 13.9. The molecule has 4 heteroatoms. The van der Waals surface area contributed by atoms with Gasteiger partial charge in [-0.15, -0.1) is 0 Å². The average molecular weight is 275 g/mol. The minimum atomic E-state index is -0.271. The fraction of sp³-hybridized carbons (Fsp3) is 0.562. The summed E-state index contributed by atoms with van der Waals surface area (Å²) in [5.41, 5.74) is 1.06. The Kier molecular flexibility index (Phi) is 5.51. The van der Waals surface area contributed by atoms with E-state index in [0.717, 1.165) is 26.2 Å². The second-order valence-electron chi connectivity index (χ2n) is 5.44. The van der Waals surface area contributed by atoms with Gasteiger partial charge in [0.1, 0.15) is 5.82 Å². The standard InChI is InChI=1S/C16H22FN3/c1-2-20(11-13-5-7-19-8-6-13)12-15-4-3-14(10-18)9-16(15)17/h3-4,9,13,19H,2,5-8,11-12H2,1H3. The minimum absolute atomic E-state index is 0.271. The zero-order valence-corrected chi connectivity index (χ0v) is 12.0. The predicted octanol–water partition coefficient (Wildman–Crippen LogP) is 2.52. The molecule has 1 aromatic carbocycles. The van der Waals surface area contributed by atoms with E-state index in [1.54, 1.807) is 12.1 Å². The largest absolute Gasteiger partial charge is 0.317 e. The zero-order valence-electron chi connectivity index (χ0n) is 12.0. The van der Waals surface area contributed by atoms with Crippen LogP contribution in [0.1, 0.15) is 30.9 Å². The molecule has 1 saturated heterocycles. The quantitative estimate of drug-likeness (QED) is 0.897. The van der Waals surface area contributed by atoms with Gasteiger partial charge in [0.15, 0.2) is 0 Å². The molecule has 0 spiro atoms. The summed E-state index contributed by atoms with van der Waals surface area (Å²) in [5, 5.41) is 12.1. The monoisotopic (exact) mass is 275 g/mol. The first kappa shape index (κ1) is 15.0. The number of hydrogen-bond donors (Lipinski definition) is 1. The molecular weight excluding hydrogens is 253 g/mol. The van der Waals surface area contributed by atoms with Crippen LogP contribution in [-0.2, 0) is 6.54 Å². The molecule has 0 unspecified atom stereocenters. The summed E-state index contributed by atoms with van der Waals surface area (Å²) in [5.74, 6) is 0.436. The highest BCUT2D eigenvalue weighted by atomic mass is 19.1. The second-order valence-corrected chi connectivity index (χ2v) is 5.44. The molecule has 1 heterocycles. The molecule has 0 radical (unpaired) electrons. The van der Waals surface area contributed by atoms with Crippen LogP contribution in [0.25, 0.3) is 0 Å². The van der Waals surface area contributed by atoms with Gasteiger partial charge < -0.3 is 5.32 Å². The normalized spacial score (nSPS) is 16.3. The molecule has 1 N–H and O–H groups in total. The molecule has 1 aliphatic heterocycles. The topological polar surface area (TPSA) is 39.1 Å². The Hall–Kier alpha value is -1.44.